The third-order valence-corrected chi connectivity index (χ3v) is 7.08. The van der Waals surface area contributed by atoms with Gasteiger partial charge in [-0.25, -0.2) is 4.79 Å². The van der Waals surface area contributed by atoms with Gasteiger partial charge in [0.2, 0.25) is 0 Å². The number of halogens is 1. The summed E-state index contributed by atoms with van der Waals surface area (Å²) in [6, 6.07) is 21.3. The van der Waals surface area contributed by atoms with E-state index < -0.39 is 5.97 Å². The second-order valence-electron chi connectivity index (χ2n) is 10.3. The molecule has 33 heavy (non-hydrogen) atoms. The van der Waals surface area contributed by atoms with Gasteiger partial charge in [-0.05, 0) is 88.8 Å². The highest BCUT2D eigenvalue weighted by Crippen LogP contribution is 2.46. The van der Waals surface area contributed by atoms with Crippen LogP contribution in [0.15, 0.2) is 66.7 Å². The molecule has 0 amide bonds. The van der Waals surface area contributed by atoms with E-state index >= 15 is 0 Å². The predicted molar refractivity (Wildman–Crippen MR) is 138 cm³/mol. The second kappa shape index (κ2) is 8.83. The Bertz CT molecular complexity index is 1220. The van der Waals surface area contributed by atoms with Gasteiger partial charge in [-0.1, -0.05) is 81.8 Å². The van der Waals surface area contributed by atoms with Gasteiger partial charge in [0.1, 0.15) is 5.75 Å². The molecule has 1 aliphatic rings. The van der Waals surface area contributed by atoms with E-state index in [2.05, 4.69) is 58.9 Å². The van der Waals surface area contributed by atoms with Crippen LogP contribution < -0.4 is 4.74 Å². The van der Waals surface area contributed by atoms with E-state index in [0.717, 1.165) is 5.56 Å². The van der Waals surface area contributed by atoms with Crippen LogP contribution in [0.1, 0.15) is 80.1 Å². The van der Waals surface area contributed by atoms with E-state index in [9.17, 15) is 4.79 Å². The molecule has 0 aromatic heterocycles. The van der Waals surface area contributed by atoms with Crippen LogP contribution in [0, 0.1) is 0 Å². The molecule has 0 saturated heterocycles. The lowest BCUT2D eigenvalue weighted by Crippen LogP contribution is -2.33. The smallest absolute Gasteiger partial charge is 0.343 e. The molecule has 4 rings (SSSR count). The Hall–Kier alpha value is -2.84. The fraction of sp³-hybridized carbons (Fsp3) is 0.300. The van der Waals surface area contributed by atoms with Crippen molar-refractivity contribution in [2.75, 3.05) is 0 Å². The number of carbonyl (C=O) groups excluding carboxylic acids is 1. The van der Waals surface area contributed by atoms with Gasteiger partial charge in [-0.15, -0.1) is 0 Å². The zero-order valence-corrected chi connectivity index (χ0v) is 20.8. The lowest BCUT2D eigenvalue weighted by Gasteiger charge is -2.42. The zero-order valence-electron chi connectivity index (χ0n) is 20.0. The normalized spacial score (nSPS) is 16.7. The van der Waals surface area contributed by atoms with Crippen LogP contribution in [0.25, 0.3) is 11.6 Å². The van der Waals surface area contributed by atoms with Crippen molar-refractivity contribution >= 4 is 29.2 Å². The van der Waals surface area contributed by atoms with Crippen LogP contribution in [-0.2, 0) is 10.8 Å². The maximum atomic E-state index is 12.3. The Morgan fingerprint density at radius 3 is 2.18 bits per heavy atom. The quantitative estimate of drug-likeness (QED) is 0.222. The monoisotopic (exact) mass is 458 g/mol. The summed E-state index contributed by atoms with van der Waals surface area (Å²) < 4.78 is 5.49. The molecule has 0 heterocycles. The summed E-state index contributed by atoms with van der Waals surface area (Å²) in [5.74, 6) is 0.0871. The molecule has 0 aliphatic heterocycles. The number of benzene rings is 3. The molecule has 3 heteroatoms. The molecule has 2 nitrogen and oxygen atoms in total. The van der Waals surface area contributed by atoms with E-state index in [1.165, 1.54) is 35.1 Å². The van der Waals surface area contributed by atoms with E-state index in [-0.39, 0.29) is 10.8 Å². The van der Waals surface area contributed by atoms with Gasteiger partial charge in [0.15, 0.2) is 0 Å². The minimum Gasteiger partial charge on any atom is -0.423 e. The Kier molecular flexibility index (Phi) is 6.24. The van der Waals surface area contributed by atoms with Crippen molar-refractivity contribution in [3.63, 3.8) is 0 Å². The summed E-state index contributed by atoms with van der Waals surface area (Å²) in [6.07, 6.45) is 4.59. The van der Waals surface area contributed by atoms with Crippen molar-refractivity contribution in [1.82, 2.24) is 0 Å². The summed E-state index contributed by atoms with van der Waals surface area (Å²) in [6.45, 7) is 11.6. The number of hydrogen-bond acceptors (Lipinski definition) is 2. The minimum atomic E-state index is -0.420. The van der Waals surface area contributed by atoms with Crippen molar-refractivity contribution in [3.05, 3.63) is 99.6 Å². The Balaban J connectivity index is 1.53. The maximum absolute atomic E-state index is 12.3. The molecular weight excluding hydrogens is 428 g/mol. The highest BCUT2D eigenvalue weighted by atomic mass is 35.5. The summed E-state index contributed by atoms with van der Waals surface area (Å²) in [5.41, 5.74) is 7.30. The lowest BCUT2D eigenvalue weighted by molar-refractivity contribution is 0.0734. The topological polar surface area (TPSA) is 26.3 Å². The van der Waals surface area contributed by atoms with Crippen molar-refractivity contribution in [2.45, 2.75) is 58.3 Å². The number of allylic oxidation sites excluding steroid dienone is 1. The average molecular weight is 459 g/mol. The first-order valence-corrected chi connectivity index (χ1v) is 11.8. The molecular formula is C30H31ClO2. The Morgan fingerprint density at radius 2 is 1.52 bits per heavy atom. The van der Waals surface area contributed by atoms with Crippen molar-refractivity contribution in [3.8, 4) is 5.75 Å². The Morgan fingerprint density at radius 1 is 0.848 bits per heavy atom. The third kappa shape index (κ3) is 5.07. The average Bonchev–Trinajstić information content (AvgIpc) is 2.78. The highest BCUT2D eigenvalue weighted by Gasteiger charge is 2.36. The fourth-order valence-corrected chi connectivity index (χ4v) is 4.77. The number of rotatable bonds is 4. The predicted octanol–water partition coefficient (Wildman–Crippen LogP) is 8.47. The molecule has 0 N–H and O–H groups in total. The SMILES string of the molecule is CC(=Cc1ccc(OC(=O)c2cccc(Cl)c2)cc1)c1ccc2c(c1)C(C)(C)CCC2(C)C. The molecule has 0 spiro atoms. The molecule has 170 valence electrons. The van der Waals surface area contributed by atoms with Gasteiger partial charge in [0, 0.05) is 5.02 Å². The molecule has 0 unspecified atom stereocenters. The molecule has 0 radical (unpaired) electrons. The first-order valence-electron chi connectivity index (χ1n) is 11.5. The van der Waals surface area contributed by atoms with Gasteiger partial charge in [0.05, 0.1) is 5.56 Å². The molecule has 1 aliphatic carbocycles. The molecule has 0 atom stereocenters. The minimum absolute atomic E-state index is 0.190. The first kappa shape index (κ1) is 23.3. The van der Waals surface area contributed by atoms with Gasteiger partial charge < -0.3 is 4.74 Å². The molecule has 3 aromatic carbocycles. The number of carbonyl (C=O) groups is 1. The van der Waals surface area contributed by atoms with Crippen molar-refractivity contribution in [2.24, 2.45) is 0 Å². The highest BCUT2D eigenvalue weighted by molar-refractivity contribution is 6.30. The van der Waals surface area contributed by atoms with Crippen molar-refractivity contribution in [1.29, 1.82) is 0 Å². The van der Waals surface area contributed by atoms with E-state index in [0.29, 0.717) is 16.3 Å². The molecule has 3 aromatic rings. The van der Waals surface area contributed by atoms with Crippen LogP contribution in [0.2, 0.25) is 5.02 Å². The Labute approximate surface area is 202 Å². The van der Waals surface area contributed by atoms with Gasteiger partial charge in [-0.2, -0.15) is 0 Å². The summed E-state index contributed by atoms with van der Waals surface area (Å²) in [7, 11) is 0. The molecule has 0 saturated carbocycles. The van der Waals surface area contributed by atoms with Gasteiger partial charge in [0.25, 0.3) is 0 Å². The summed E-state index contributed by atoms with van der Waals surface area (Å²) in [5, 5.41) is 0.509. The van der Waals surface area contributed by atoms with E-state index in [1.54, 1.807) is 24.3 Å². The number of esters is 1. The molecule has 0 fully saturated rings. The number of hydrogen-bond donors (Lipinski definition) is 0. The fourth-order valence-electron chi connectivity index (χ4n) is 4.58. The summed E-state index contributed by atoms with van der Waals surface area (Å²) >= 11 is 5.97. The largest absolute Gasteiger partial charge is 0.423 e. The van der Waals surface area contributed by atoms with Crippen LogP contribution in [0.4, 0.5) is 0 Å². The maximum Gasteiger partial charge on any atom is 0.343 e. The number of ether oxygens (including phenoxy) is 1. The van der Waals surface area contributed by atoms with E-state index in [1.807, 2.05) is 24.3 Å². The van der Waals surface area contributed by atoms with Crippen LogP contribution >= 0.6 is 11.6 Å². The van der Waals surface area contributed by atoms with Crippen molar-refractivity contribution < 1.29 is 9.53 Å². The van der Waals surface area contributed by atoms with Crippen LogP contribution in [-0.4, -0.2) is 5.97 Å². The van der Waals surface area contributed by atoms with Gasteiger partial charge in [-0.3, -0.25) is 0 Å². The zero-order chi connectivity index (χ0) is 23.8. The standard InChI is InChI=1S/C30H31ClO2/c1-20(22-11-14-26-27(19-22)30(4,5)16-15-29(26,2)3)17-21-9-12-25(13-10-21)33-28(32)23-7-6-8-24(31)18-23/h6-14,17-19H,15-16H2,1-5H3. The lowest BCUT2D eigenvalue weighted by atomic mass is 9.63. The number of fused-ring (bicyclic) bond motifs is 1. The molecule has 0 bridgehead atoms. The first-order chi connectivity index (χ1) is 15.5. The van der Waals surface area contributed by atoms with Gasteiger partial charge >= 0.3 is 5.97 Å². The third-order valence-electron chi connectivity index (χ3n) is 6.84. The van der Waals surface area contributed by atoms with Crippen LogP contribution in [0.5, 0.6) is 5.75 Å². The van der Waals surface area contributed by atoms with Crippen LogP contribution in [0.3, 0.4) is 0 Å². The van der Waals surface area contributed by atoms with E-state index in [4.69, 9.17) is 16.3 Å². The second-order valence-corrected chi connectivity index (χ2v) is 10.8. The summed E-state index contributed by atoms with van der Waals surface area (Å²) in [4.78, 5) is 12.3.